The number of piperidine rings is 1. The second-order valence-corrected chi connectivity index (χ2v) is 8.91. The first kappa shape index (κ1) is 17.4. The summed E-state index contributed by atoms with van der Waals surface area (Å²) in [5.41, 5.74) is 0. The highest BCUT2D eigenvalue weighted by molar-refractivity contribution is 9.11. The van der Waals surface area contributed by atoms with Gasteiger partial charge in [-0.3, -0.25) is 0 Å². The van der Waals surface area contributed by atoms with E-state index < -0.39 is 10.0 Å². The molecular formula is C11H18BrClN2O2S2. The predicted octanol–water partition coefficient (Wildman–Crippen LogP) is 2.52. The molecule has 1 aliphatic rings. The van der Waals surface area contributed by atoms with Crippen LogP contribution in [-0.2, 0) is 10.0 Å². The van der Waals surface area contributed by atoms with Crippen LogP contribution in [0.5, 0.6) is 0 Å². The Morgan fingerprint density at radius 2 is 2.32 bits per heavy atom. The van der Waals surface area contributed by atoms with Gasteiger partial charge in [0.25, 0.3) is 0 Å². The molecular weight excluding hydrogens is 372 g/mol. The van der Waals surface area contributed by atoms with E-state index in [9.17, 15) is 8.42 Å². The summed E-state index contributed by atoms with van der Waals surface area (Å²) in [7, 11) is -3.37. The molecule has 1 aliphatic heterocycles. The molecule has 2 N–H and O–H groups in total. The first-order chi connectivity index (χ1) is 8.49. The van der Waals surface area contributed by atoms with Gasteiger partial charge in [-0.15, -0.1) is 23.7 Å². The summed E-state index contributed by atoms with van der Waals surface area (Å²) in [5.74, 6) is 0.399. The van der Waals surface area contributed by atoms with Crippen LogP contribution in [0.3, 0.4) is 0 Å². The van der Waals surface area contributed by atoms with E-state index in [1.807, 2.05) is 6.92 Å². The van der Waals surface area contributed by atoms with Gasteiger partial charge >= 0.3 is 0 Å². The molecule has 0 aromatic carbocycles. The Balaban J connectivity index is 0.00000180. The number of sulfonamides is 1. The number of hydrogen-bond acceptors (Lipinski definition) is 4. The van der Waals surface area contributed by atoms with Crippen molar-refractivity contribution >= 4 is 49.7 Å². The Morgan fingerprint density at radius 1 is 1.58 bits per heavy atom. The highest BCUT2D eigenvalue weighted by atomic mass is 79.9. The molecule has 1 aromatic heterocycles. The summed E-state index contributed by atoms with van der Waals surface area (Å²) in [6.07, 6.45) is 2.21. The average Bonchev–Trinajstić information content (AvgIpc) is 2.68. The third-order valence-electron chi connectivity index (χ3n) is 3.09. The average molecular weight is 390 g/mol. The van der Waals surface area contributed by atoms with Crippen molar-refractivity contribution in [3.8, 4) is 0 Å². The Kier molecular flexibility index (Phi) is 6.75. The number of aryl methyl sites for hydroxylation is 1. The fourth-order valence-corrected chi connectivity index (χ4v) is 5.63. The minimum atomic E-state index is -3.37. The second-order valence-electron chi connectivity index (χ2n) is 4.54. The molecule has 1 atom stereocenters. The highest BCUT2D eigenvalue weighted by Crippen LogP contribution is 2.29. The lowest BCUT2D eigenvalue weighted by Crippen LogP contribution is -2.38. The molecule has 0 aliphatic carbocycles. The van der Waals surface area contributed by atoms with Crippen LogP contribution in [0, 0.1) is 12.8 Å². The molecule has 110 valence electrons. The molecule has 1 saturated heterocycles. The van der Waals surface area contributed by atoms with Crippen molar-refractivity contribution in [1.29, 1.82) is 0 Å². The Labute approximate surface area is 133 Å². The van der Waals surface area contributed by atoms with E-state index in [1.54, 1.807) is 6.07 Å². The van der Waals surface area contributed by atoms with Crippen molar-refractivity contribution in [2.75, 3.05) is 19.6 Å². The number of rotatable bonds is 4. The van der Waals surface area contributed by atoms with Crippen molar-refractivity contribution in [1.82, 2.24) is 10.0 Å². The summed E-state index contributed by atoms with van der Waals surface area (Å²) < 4.78 is 27.9. The van der Waals surface area contributed by atoms with Gasteiger partial charge in [0, 0.05) is 11.4 Å². The molecule has 2 rings (SSSR count). The summed E-state index contributed by atoms with van der Waals surface area (Å²) in [6.45, 7) is 4.28. The van der Waals surface area contributed by atoms with E-state index >= 15 is 0 Å². The van der Waals surface area contributed by atoms with Crippen LogP contribution >= 0.6 is 39.7 Å². The number of thiophene rings is 1. The summed E-state index contributed by atoms with van der Waals surface area (Å²) in [6, 6.07) is 1.67. The topological polar surface area (TPSA) is 58.2 Å². The molecule has 0 amide bonds. The van der Waals surface area contributed by atoms with Crippen LogP contribution in [0.1, 0.15) is 17.7 Å². The SMILES string of the molecule is Cc1sc(Br)cc1S(=O)(=O)NCC1CCCNC1.Cl. The Hall–Kier alpha value is 0.340. The first-order valence-electron chi connectivity index (χ1n) is 5.95. The van der Waals surface area contributed by atoms with Crippen LogP contribution in [0.15, 0.2) is 14.7 Å². The first-order valence-corrected chi connectivity index (χ1v) is 9.04. The monoisotopic (exact) mass is 388 g/mol. The summed E-state index contributed by atoms with van der Waals surface area (Å²) in [4.78, 5) is 1.21. The molecule has 0 radical (unpaired) electrons. The van der Waals surface area contributed by atoms with Crippen molar-refractivity contribution in [2.45, 2.75) is 24.7 Å². The zero-order valence-electron chi connectivity index (χ0n) is 10.6. The van der Waals surface area contributed by atoms with Crippen molar-refractivity contribution in [3.05, 3.63) is 14.7 Å². The molecule has 4 nitrogen and oxygen atoms in total. The predicted molar refractivity (Wildman–Crippen MR) is 84.8 cm³/mol. The third-order valence-corrected chi connectivity index (χ3v) is 6.33. The van der Waals surface area contributed by atoms with Gasteiger partial charge < -0.3 is 5.32 Å². The maximum atomic E-state index is 12.2. The molecule has 0 saturated carbocycles. The van der Waals surface area contributed by atoms with Crippen molar-refractivity contribution in [3.63, 3.8) is 0 Å². The summed E-state index contributed by atoms with van der Waals surface area (Å²) >= 11 is 4.76. The largest absolute Gasteiger partial charge is 0.316 e. The van der Waals surface area contributed by atoms with Crippen LogP contribution in [-0.4, -0.2) is 28.1 Å². The fourth-order valence-electron chi connectivity index (χ4n) is 2.10. The van der Waals surface area contributed by atoms with Gasteiger partial charge in [0.05, 0.1) is 8.68 Å². The molecule has 1 aromatic rings. The van der Waals surface area contributed by atoms with Crippen LogP contribution in [0.2, 0.25) is 0 Å². The molecule has 0 spiro atoms. The lowest BCUT2D eigenvalue weighted by molar-refractivity contribution is 0.376. The zero-order chi connectivity index (χ0) is 13.2. The normalized spacial score (nSPS) is 20.0. The molecule has 19 heavy (non-hydrogen) atoms. The van der Waals surface area contributed by atoms with E-state index in [2.05, 4.69) is 26.0 Å². The number of nitrogens with one attached hydrogen (secondary N) is 2. The number of hydrogen-bond donors (Lipinski definition) is 2. The Morgan fingerprint density at radius 3 is 2.84 bits per heavy atom. The summed E-state index contributed by atoms with van der Waals surface area (Å²) in [5, 5.41) is 3.29. The number of halogens is 2. The molecule has 0 bridgehead atoms. The van der Waals surface area contributed by atoms with E-state index in [-0.39, 0.29) is 12.4 Å². The van der Waals surface area contributed by atoms with Gasteiger partial charge in [0.15, 0.2) is 0 Å². The van der Waals surface area contributed by atoms with E-state index in [0.29, 0.717) is 17.4 Å². The van der Waals surface area contributed by atoms with Gasteiger partial charge in [-0.25, -0.2) is 13.1 Å². The van der Waals surface area contributed by atoms with Crippen molar-refractivity contribution in [2.24, 2.45) is 5.92 Å². The Bertz CT molecular complexity index is 513. The quantitative estimate of drug-likeness (QED) is 0.832. The third kappa shape index (κ3) is 4.68. The van der Waals surface area contributed by atoms with Gasteiger partial charge in [0.2, 0.25) is 10.0 Å². The van der Waals surface area contributed by atoms with Gasteiger partial charge in [-0.2, -0.15) is 0 Å². The highest BCUT2D eigenvalue weighted by Gasteiger charge is 2.21. The van der Waals surface area contributed by atoms with Crippen LogP contribution < -0.4 is 10.0 Å². The van der Waals surface area contributed by atoms with Crippen LogP contribution in [0.4, 0.5) is 0 Å². The zero-order valence-corrected chi connectivity index (χ0v) is 14.6. The van der Waals surface area contributed by atoms with Crippen LogP contribution in [0.25, 0.3) is 0 Å². The maximum absolute atomic E-state index is 12.2. The maximum Gasteiger partial charge on any atom is 0.241 e. The molecule has 8 heteroatoms. The fraction of sp³-hybridized carbons (Fsp3) is 0.636. The molecule has 1 unspecified atom stereocenters. The van der Waals surface area contributed by atoms with E-state index in [1.165, 1.54) is 11.3 Å². The molecule has 1 fully saturated rings. The standard InChI is InChI=1S/C11H17BrN2O2S2.ClH/c1-8-10(5-11(12)17-8)18(15,16)14-7-9-3-2-4-13-6-9;/h5,9,13-14H,2-4,6-7H2,1H3;1H. The van der Waals surface area contributed by atoms with Gasteiger partial charge in [-0.1, -0.05) is 0 Å². The van der Waals surface area contributed by atoms with E-state index in [4.69, 9.17) is 0 Å². The lowest BCUT2D eigenvalue weighted by atomic mass is 10.0. The minimum absolute atomic E-state index is 0. The smallest absolute Gasteiger partial charge is 0.241 e. The lowest BCUT2D eigenvalue weighted by Gasteiger charge is -2.22. The van der Waals surface area contributed by atoms with Crippen molar-refractivity contribution < 1.29 is 8.42 Å². The van der Waals surface area contributed by atoms with Gasteiger partial charge in [0.1, 0.15) is 0 Å². The minimum Gasteiger partial charge on any atom is -0.316 e. The second kappa shape index (κ2) is 7.38. The molecule has 2 heterocycles. The van der Waals surface area contributed by atoms with Gasteiger partial charge in [-0.05, 0) is 60.8 Å². The van der Waals surface area contributed by atoms with E-state index in [0.717, 1.165) is 34.6 Å².